The number of hydrogen-bond donors (Lipinski definition) is 1. The van der Waals surface area contributed by atoms with Gasteiger partial charge in [-0.15, -0.1) is 0 Å². The van der Waals surface area contributed by atoms with E-state index in [2.05, 4.69) is 10.1 Å². The standard InChI is InChI=1S/C13H15F2NO3/c1-18-13(17)8-5-9(7-16-6-8)19-12-10(14)3-2-4-11(12)15/h2-4,8-9,16H,5-7H2,1H3. The van der Waals surface area contributed by atoms with E-state index in [0.717, 1.165) is 12.1 Å². The highest BCUT2D eigenvalue weighted by molar-refractivity contribution is 5.72. The summed E-state index contributed by atoms with van der Waals surface area (Å²) >= 11 is 0. The molecule has 2 atom stereocenters. The molecule has 1 aliphatic heterocycles. The van der Waals surface area contributed by atoms with Crippen molar-refractivity contribution in [3.63, 3.8) is 0 Å². The second-order valence-electron chi connectivity index (χ2n) is 4.40. The quantitative estimate of drug-likeness (QED) is 0.846. The van der Waals surface area contributed by atoms with E-state index in [1.54, 1.807) is 0 Å². The minimum absolute atomic E-state index is 0.352. The maximum atomic E-state index is 13.5. The van der Waals surface area contributed by atoms with E-state index in [4.69, 9.17) is 4.74 Å². The Bertz CT molecular complexity index is 447. The van der Waals surface area contributed by atoms with E-state index in [9.17, 15) is 13.6 Å². The molecule has 1 saturated heterocycles. The number of benzene rings is 1. The number of piperidine rings is 1. The summed E-state index contributed by atoms with van der Waals surface area (Å²) in [6.07, 6.45) is -0.0998. The molecule has 0 radical (unpaired) electrons. The topological polar surface area (TPSA) is 47.6 Å². The minimum atomic E-state index is -0.750. The van der Waals surface area contributed by atoms with Gasteiger partial charge in [-0.25, -0.2) is 8.78 Å². The molecule has 0 aromatic heterocycles. The summed E-state index contributed by atoms with van der Waals surface area (Å²) in [5.41, 5.74) is 0. The molecule has 0 amide bonds. The fraction of sp³-hybridized carbons (Fsp3) is 0.462. The molecule has 0 spiro atoms. The zero-order valence-corrected chi connectivity index (χ0v) is 10.5. The molecule has 1 fully saturated rings. The van der Waals surface area contributed by atoms with Crippen LogP contribution in [0.25, 0.3) is 0 Å². The summed E-state index contributed by atoms with van der Waals surface area (Å²) in [6, 6.07) is 3.53. The van der Waals surface area contributed by atoms with Crippen molar-refractivity contribution >= 4 is 5.97 Å². The molecule has 0 aliphatic carbocycles. The highest BCUT2D eigenvalue weighted by Crippen LogP contribution is 2.25. The van der Waals surface area contributed by atoms with Crippen molar-refractivity contribution in [3.05, 3.63) is 29.8 Å². The Labute approximate surface area is 109 Å². The Balaban J connectivity index is 2.05. The summed E-state index contributed by atoms with van der Waals surface area (Å²) in [7, 11) is 1.31. The second-order valence-corrected chi connectivity index (χ2v) is 4.40. The molecule has 19 heavy (non-hydrogen) atoms. The number of ether oxygens (including phenoxy) is 2. The van der Waals surface area contributed by atoms with Gasteiger partial charge in [0.25, 0.3) is 0 Å². The molecule has 1 N–H and O–H groups in total. The fourth-order valence-corrected chi connectivity index (χ4v) is 2.10. The van der Waals surface area contributed by atoms with Gasteiger partial charge in [-0.2, -0.15) is 0 Å². The van der Waals surface area contributed by atoms with Crippen LogP contribution < -0.4 is 10.1 Å². The van der Waals surface area contributed by atoms with Gasteiger partial charge in [-0.05, 0) is 12.1 Å². The summed E-state index contributed by atoms with van der Waals surface area (Å²) in [5, 5.41) is 2.99. The van der Waals surface area contributed by atoms with Crippen LogP contribution >= 0.6 is 0 Å². The van der Waals surface area contributed by atoms with Gasteiger partial charge in [-0.1, -0.05) is 6.07 Å². The summed E-state index contributed by atoms with van der Waals surface area (Å²) < 4.78 is 36.9. The number of esters is 1. The predicted octanol–water partition coefficient (Wildman–Crippen LogP) is 1.49. The third kappa shape index (κ3) is 3.20. The second kappa shape index (κ2) is 5.97. The lowest BCUT2D eigenvalue weighted by Crippen LogP contribution is -2.45. The van der Waals surface area contributed by atoms with Crippen molar-refractivity contribution in [2.45, 2.75) is 12.5 Å². The first kappa shape index (κ1) is 13.7. The average molecular weight is 271 g/mol. The number of carbonyl (C=O) groups is 1. The molecule has 1 aromatic rings. The van der Waals surface area contributed by atoms with Crippen LogP contribution in [0.5, 0.6) is 5.75 Å². The molecule has 1 heterocycles. The molecule has 0 saturated carbocycles. The number of carbonyl (C=O) groups excluding carboxylic acids is 1. The van der Waals surface area contributed by atoms with Gasteiger partial charge in [0.15, 0.2) is 17.4 Å². The molecule has 0 bridgehead atoms. The lowest BCUT2D eigenvalue weighted by atomic mass is 9.97. The van der Waals surface area contributed by atoms with Crippen molar-refractivity contribution in [1.82, 2.24) is 5.32 Å². The first-order chi connectivity index (χ1) is 9.11. The first-order valence-corrected chi connectivity index (χ1v) is 6.01. The van der Waals surface area contributed by atoms with Gasteiger partial charge in [0.05, 0.1) is 13.0 Å². The molecular weight excluding hydrogens is 256 g/mol. The van der Waals surface area contributed by atoms with Crippen LogP contribution in [0.3, 0.4) is 0 Å². The molecular formula is C13H15F2NO3. The van der Waals surface area contributed by atoms with E-state index in [0.29, 0.717) is 19.5 Å². The Kier molecular flexibility index (Phi) is 4.31. The molecule has 2 unspecified atom stereocenters. The number of hydrogen-bond acceptors (Lipinski definition) is 4. The monoisotopic (exact) mass is 271 g/mol. The molecule has 1 aliphatic rings. The number of para-hydroxylation sites is 1. The Morgan fingerprint density at radius 1 is 1.32 bits per heavy atom. The van der Waals surface area contributed by atoms with Gasteiger partial charge in [0.1, 0.15) is 6.10 Å². The van der Waals surface area contributed by atoms with Gasteiger partial charge in [-0.3, -0.25) is 4.79 Å². The van der Waals surface area contributed by atoms with E-state index in [-0.39, 0.29) is 11.9 Å². The Morgan fingerprint density at radius 3 is 2.63 bits per heavy atom. The van der Waals surface area contributed by atoms with Crippen LogP contribution in [-0.4, -0.2) is 32.3 Å². The number of methoxy groups -OCH3 is 1. The Morgan fingerprint density at radius 2 is 2.00 bits per heavy atom. The largest absolute Gasteiger partial charge is 0.483 e. The lowest BCUT2D eigenvalue weighted by molar-refractivity contribution is -0.147. The van der Waals surface area contributed by atoms with Crippen LogP contribution in [0.1, 0.15) is 6.42 Å². The molecule has 6 heteroatoms. The van der Waals surface area contributed by atoms with E-state index in [1.807, 2.05) is 0 Å². The lowest BCUT2D eigenvalue weighted by Gasteiger charge is -2.29. The average Bonchev–Trinajstić information content (AvgIpc) is 2.42. The van der Waals surface area contributed by atoms with Crippen molar-refractivity contribution in [3.8, 4) is 5.75 Å². The third-order valence-electron chi connectivity index (χ3n) is 3.05. The van der Waals surface area contributed by atoms with Crippen molar-refractivity contribution < 1.29 is 23.0 Å². The summed E-state index contributed by atoms with van der Waals surface area (Å²) in [5.74, 6) is -2.62. The van der Waals surface area contributed by atoms with Crippen LogP contribution in [0.2, 0.25) is 0 Å². The highest BCUT2D eigenvalue weighted by atomic mass is 19.1. The van der Waals surface area contributed by atoms with Gasteiger partial charge >= 0.3 is 5.97 Å². The van der Waals surface area contributed by atoms with Crippen LogP contribution in [0.4, 0.5) is 8.78 Å². The summed E-state index contributed by atoms with van der Waals surface area (Å²) in [6.45, 7) is 0.910. The SMILES string of the molecule is COC(=O)C1CNCC(Oc2c(F)cccc2F)C1. The minimum Gasteiger partial charge on any atom is -0.483 e. The molecule has 2 rings (SSSR count). The molecule has 1 aromatic carbocycles. The summed E-state index contributed by atoms with van der Waals surface area (Å²) in [4.78, 5) is 11.4. The first-order valence-electron chi connectivity index (χ1n) is 6.01. The maximum absolute atomic E-state index is 13.5. The molecule has 104 valence electrons. The van der Waals surface area contributed by atoms with Gasteiger partial charge in [0, 0.05) is 19.5 Å². The zero-order valence-electron chi connectivity index (χ0n) is 10.5. The highest BCUT2D eigenvalue weighted by Gasteiger charge is 2.29. The van der Waals surface area contributed by atoms with Crippen LogP contribution in [-0.2, 0) is 9.53 Å². The van der Waals surface area contributed by atoms with Crippen molar-refractivity contribution in [2.75, 3.05) is 20.2 Å². The molecule has 4 nitrogen and oxygen atoms in total. The van der Waals surface area contributed by atoms with E-state index in [1.165, 1.54) is 13.2 Å². The van der Waals surface area contributed by atoms with Gasteiger partial charge < -0.3 is 14.8 Å². The van der Waals surface area contributed by atoms with Crippen molar-refractivity contribution in [2.24, 2.45) is 5.92 Å². The third-order valence-corrected chi connectivity index (χ3v) is 3.05. The maximum Gasteiger partial charge on any atom is 0.310 e. The predicted molar refractivity (Wildman–Crippen MR) is 63.8 cm³/mol. The van der Waals surface area contributed by atoms with E-state index < -0.39 is 23.5 Å². The van der Waals surface area contributed by atoms with Crippen molar-refractivity contribution in [1.29, 1.82) is 0 Å². The van der Waals surface area contributed by atoms with Crippen LogP contribution in [0.15, 0.2) is 18.2 Å². The fourth-order valence-electron chi connectivity index (χ4n) is 2.10. The van der Waals surface area contributed by atoms with Gasteiger partial charge in [0.2, 0.25) is 0 Å². The number of halogens is 2. The van der Waals surface area contributed by atoms with Crippen LogP contribution in [0, 0.1) is 17.6 Å². The smallest absolute Gasteiger partial charge is 0.310 e. The Hall–Kier alpha value is -1.69. The zero-order chi connectivity index (χ0) is 13.8. The number of rotatable bonds is 3. The number of nitrogens with one attached hydrogen (secondary N) is 1. The normalized spacial score (nSPS) is 22.9. The van der Waals surface area contributed by atoms with E-state index >= 15 is 0 Å².